The summed E-state index contributed by atoms with van der Waals surface area (Å²) in [5.41, 5.74) is 2.77. The molecule has 1 N–H and O–H groups in total. The monoisotopic (exact) mass is 313 g/mol. The molecule has 0 amide bonds. The molecule has 0 unspecified atom stereocenters. The fourth-order valence-electron chi connectivity index (χ4n) is 2.35. The summed E-state index contributed by atoms with van der Waals surface area (Å²) in [6.07, 6.45) is 0. The number of nitrogens with one attached hydrogen (secondary N) is 1. The number of rotatable bonds is 3. The van der Waals surface area contributed by atoms with Crippen LogP contribution in [0, 0.1) is 6.92 Å². The molecule has 22 heavy (non-hydrogen) atoms. The second-order valence-corrected chi connectivity index (χ2v) is 5.80. The van der Waals surface area contributed by atoms with Crippen LogP contribution in [0.5, 0.6) is 0 Å². The van der Waals surface area contributed by atoms with Gasteiger partial charge in [0.05, 0.1) is 17.4 Å². The maximum absolute atomic E-state index is 12.1. The Bertz CT molecular complexity index is 871. The van der Waals surface area contributed by atoms with Gasteiger partial charge in [0.2, 0.25) is 0 Å². The average molecular weight is 314 g/mol. The number of aromatic nitrogens is 2. The first kappa shape index (κ1) is 14.6. The van der Waals surface area contributed by atoms with E-state index in [0.717, 1.165) is 5.69 Å². The van der Waals surface area contributed by atoms with E-state index >= 15 is 0 Å². The van der Waals surface area contributed by atoms with Crippen molar-refractivity contribution in [3.05, 3.63) is 69.2 Å². The lowest BCUT2D eigenvalue weighted by molar-refractivity contribution is 0.840. The summed E-state index contributed by atoms with van der Waals surface area (Å²) < 4.78 is 0. The smallest absolute Gasteiger partial charge is 0.258 e. The van der Waals surface area contributed by atoms with Crippen molar-refractivity contribution in [1.82, 2.24) is 9.97 Å². The Morgan fingerprint density at radius 3 is 2.64 bits per heavy atom. The van der Waals surface area contributed by atoms with Crippen molar-refractivity contribution in [3.8, 4) is 0 Å². The van der Waals surface area contributed by atoms with E-state index in [9.17, 15) is 4.79 Å². The van der Waals surface area contributed by atoms with Crippen molar-refractivity contribution in [2.75, 3.05) is 11.9 Å². The molecule has 4 nitrogen and oxygen atoms in total. The van der Waals surface area contributed by atoms with Gasteiger partial charge in [-0.2, -0.15) is 0 Å². The molecular weight excluding hydrogens is 298 g/mol. The molecule has 5 heteroatoms. The van der Waals surface area contributed by atoms with Gasteiger partial charge in [-0.05, 0) is 37.3 Å². The Morgan fingerprint density at radius 2 is 1.91 bits per heavy atom. The Hall–Kier alpha value is -2.33. The van der Waals surface area contributed by atoms with Crippen molar-refractivity contribution >= 4 is 28.2 Å². The van der Waals surface area contributed by atoms with Crippen LogP contribution in [0.15, 0.2) is 47.3 Å². The quantitative estimate of drug-likeness (QED) is 0.805. The van der Waals surface area contributed by atoms with Crippen molar-refractivity contribution in [1.29, 1.82) is 0 Å². The lowest BCUT2D eigenvalue weighted by Crippen LogP contribution is -2.21. The molecule has 2 aromatic carbocycles. The highest BCUT2D eigenvalue weighted by molar-refractivity contribution is 6.31. The maximum Gasteiger partial charge on any atom is 0.258 e. The first-order valence-electron chi connectivity index (χ1n) is 6.99. The predicted molar refractivity (Wildman–Crippen MR) is 90.7 cm³/mol. The number of hydrogen-bond acceptors (Lipinski definition) is 3. The molecule has 0 bridgehead atoms. The molecule has 0 aliphatic carbocycles. The normalized spacial score (nSPS) is 10.9. The Kier molecular flexibility index (Phi) is 3.86. The summed E-state index contributed by atoms with van der Waals surface area (Å²) >= 11 is 5.92. The molecule has 112 valence electrons. The van der Waals surface area contributed by atoms with E-state index in [1.54, 1.807) is 18.2 Å². The van der Waals surface area contributed by atoms with Gasteiger partial charge < -0.3 is 9.88 Å². The number of halogens is 1. The Morgan fingerprint density at radius 1 is 1.18 bits per heavy atom. The standard InChI is InChI=1S/C17H16ClN3O/c1-11-3-6-13(7-4-11)21(2)10-16-19-15-8-5-12(18)9-14(15)17(22)20-16/h3-9H,10H2,1-2H3,(H,19,20,22). The zero-order valence-electron chi connectivity index (χ0n) is 12.4. The van der Waals surface area contributed by atoms with Gasteiger partial charge in [-0.1, -0.05) is 29.3 Å². The number of anilines is 1. The minimum Gasteiger partial charge on any atom is -0.367 e. The van der Waals surface area contributed by atoms with E-state index in [0.29, 0.717) is 28.3 Å². The summed E-state index contributed by atoms with van der Waals surface area (Å²) in [5.74, 6) is 0.628. The first-order valence-corrected chi connectivity index (χ1v) is 7.37. The minimum atomic E-state index is -0.167. The fourth-order valence-corrected chi connectivity index (χ4v) is 2.52. The second kappa shape index (κ2) is 5.81. The van der Waals surface area contributed by atoms with Gasteiger partial charge in [-0.15, -0.1) is 0 Å². The zero-order valence-corrected chi connectivity index (χ0v) is 13.2. The summed E-state index contributed by atoms with van der Waals surface area (Å²) in [6, 6.07) is 13.4. The van der Waals surface area contributed by atoms with Crippen LogP contribution in [0.2, 0.25) is 5.02 Å². The lowest BCUT2D eigenvalue weighted by atomic mass is 10.2. The molecule has 3 aromatic rings. The van der Waals surface area contributed by atoms with Crippen molar-refractivity contribution in [2.24, 2.45) is 0 Å². The van der Waals surface area contributed by atoms with Crippen molar-refractivity contribution < 1.29 is 0 Å². The number of benzene rings is 2. The average Bonchev–Trinajstić information content (AvgIpc) is 2.49. The van der Waals surface area contributed by atoms with Crippen LogP contribution in [-0.2, 0) is 6.54 Å². The second-order valence-electron chi connectivity index (χ2n) is 5.37. The zero-order chi connectivity index (χ0) is 15.7. The van der Waals surface area contributed by atoms with Crippen LogP contribution in [0.25, 0.3) is 10.9 Å². The molecule has 0 atom stereocenters. The van der Waals surface area contributed by atoms with E-state index in [-0.39, 0.29) is 5.56 Å². The molecule has 3 rings (SSSR count). The summed E-state index contributed by atoms with van der Waals surface area (Å²) in [7, 11) is 1.97. The molecule has 1 aromatic heterocycles. The number of nitrogens with zero attached hydrogens (tertiary/aromatic N) is 2. The summed E-state index contributed by atoms with van der Waals surface area (Å²) in [4.78, 5) is 21.5. The molecule has 0 aliphatic rings. The topological polar surface area (TPSA) is 49.0 Å². The van der Waals surface area contributed by atoms with E-state index in [2.05, 4.69) is 29.0 Å². The molecule has 1 heterocycles. The molecule has 0 radical (unpaired) electrons. The number of aromatic amines is 1. The van der Waals surface area contributed by atoms with E-state index in [1.807, 2.05) is 24.1 Å². The molecule has 0 saturated heterocycles. The van der Waals surface area contributed by atoms with Gasteiger partial charge >= 0.3 is 0 Å². The van der Waals surface area contributed by atoms with E-state index < -0.39 is 0 Å². The van der Waals surface area contributed by atoms with Crippen LogP contribution in [0.1, 0.15) is 11.4 Å². The van der Waals surface area contributed by atoms with Crippen LogP contribution in [0.4, 0.5) is 5.69 Å². The third-order valence-electron chi connectivity index (χ3n) is 3.58. The largest absolute Gasteiger partial charge is 0.367 e. The van der Waals surface area contributed by atoms with E-state index in [4.69, 9.17) is 11.6 Å². The minimum absolute atomic E-state index is 0.167. The third-order valence-corrected chi connectivity index (χ3v) is 3.81. The van der Waals surface area contributed by atoms with Gasteiger partial charge in [0.15, 0.2) is 0 Å². The first-order chi connectivity index (χ1) is 10.5. The fraction of sp³-hybridized carbons (Fsp3) is 0.176. The van der Waals surface area contributed by atoms with Gasteiger partial charge in [-0.25, -0.2) is 4.98 Å². The van der Waals surface area contributed by atoms with Crippen molar-refractivity contribution in [2.45, 2.75) is 13.5 Å². The molecule has 0 aliphatic heterocycles. The number of fused-ring (bicyclic) bond motifs is 1. The maximum atomic E-state index is 12.1. The SMILES string of the molecule is Cc1ccc(N(C)Cc2nc3ccc(Cl)cc3c(=O)[nH]2)cc1. The van der Waals surface area contributed by atoms with Crippen LogP contribution >= 0.6 is 11.6 Å². The summed E-state index contributed by atoms with van der Waals surface area (Å²) in [5, 5.41) is 1.04. The Labute approximate surface area is 133 Å². The molecule has 0 fully saturated rings. The van der Waals surface area contributed by atoms with Crippen LogP contribution in [0.3, 0.4) is 0 Å². The number of aryl methyl sites for hydroxylation is 1. The van der Waals surface area contributed by atoms with E-state index in [1.165, 1.54) is 5.56 Å². The summed E-state index contributed by atoms with van der Waals surface area (Å²) in [6.45, 7) is 2.58. The Balaban J connectivity index is 1.92. The lowest BCUT2D eigenvalue weighted by Gasteiger charge is -2.19. The molecule has 0 saturated carbocycles. The van der Waals surface area contributed by atoms with Gasteiger partial charge in [0, 0.05) is 17.8 Å². The molecular formula is C17H16ClN3O. The van der Waals surface area contributed by atoms with Gasteiger partial charge in [0.25, 0.3) is 5.56 Å². The third kappa shape index (κ3) is 2.97. The molecule has 0 spiro atoms. The van der Waals surface area contributed by atoms with Gasteiger partial charge in [0.1, 0.15) is 5.82 Å². The number of hydrogen-bond donors (Lipinski definition) is 1. The van der Waals surface area contributed by atoms with Gasteiger partial charge in [-0.3, -0.25) is 4.79 Å². The highest BCUT2D eigenvalue weighted by Gasteiger charge is 2.07. The number of H-pyrrole nitrogens is 1. The van der Waals surface area contributed by atoms with Crippen molar-refractivity contribution in [3.63, 3.8) is 0 Å². The van der Waals surface area contributed by atoms with Crippen LogP contribution in [-0.4, -0.2) is 17.0 Å². The highest BCUT2D eigenvalue weighted by Crippen LogP contribution is 2.17. The predicted octanol–water partition coefficient (Wildman–Crippen LogP) is 3.52. The van der Waals surface area contributed by atoms with Crippen LogP contribution < -0.4 is 10.5 Å². The highest BCUT2D eigenvalue weighted by atomic mass is 35.5.